The highest BCUT2D eigenvalue weighted by Crippen LogP contribution is 2.27. The first kappa shape index (κ1) is 16.3. The van der Waals surface area contributed by atoms with Crippen molar-refractivity contribution in [3.63, 3.8) is 0 Å². The SMILES string of the molecule is COc1ccc2c(N3CCN(CCP(O)O)CC3)ncnc2c1. The normalized spacial score (nSPS) is 16.3. The monoisotopic (exact) mass is 336 g/mol. The fourth-order valence-electron chi connectivity index (χ4n) is 2.82. The van der Waals surface area contributed by atoms with Crippen LogP contribution in [0.4, 0.5) is 5.82 Å². The third-order valence-corrected chi connectivity index (χ3v) is 4.71. The van der Waals surface area contributed by atoms with Crippen molar-refractivity contribution in [1.29, 1.82) is 0 Å². The van der Waals surface area contributed by atoms with Crippen LogP contribution in [0.15, 0.2) is 24.5 Å². The summed E-state index contributed by atoms with van der Waals surface area (Å²) < 4.78 is 5.25. The minimum Gasteiger partial charge on any atom is -0.497 e. The molecule has 1 fully saturated rings. The molecule has 1 aromatic heterocycles. The number of piperazine rings is 1. The first-order chi connectivity index (χ1) is 11.2. The molecule has 0 unspecified atom stereocenters. The van der Waals surface area contributed by atoms with Crippen molar-refractivity contribution in [2.45, 2.75) is 0 Å². The molecule has 7 nitrogen and oxygen atoms in total. The van der Waals surface area contributed by atoms with E-state index in [0.29, 0.717) is 6.16 Å². The number of hydrogen-bond acceptors (Lipinski definition) is 7. The molecule has 3 rings (SSSR count). The van der Waals surface area contributed by atoms with Crippen LogP contribution >= 0.6 is 8.38 Å². The van der Waals surface area contributed by atoms with Crippen LogP contribution in [0.5, 0.6) is 5.75 Å². The summed E-state index contributed by atoms with van der Waals surface area (Å²) in [7, 11) is -0.150. The summed E-state index contributed by atoms with van der Waals surface area (Å²) in [6, 6.07) is 5.85. The van der Waals surface area contributed by atoms with Gasteiger partial charge in [-0.05, 0) is 12.1 Å². The Kier molecular flexibility index (Phi) is 5.23. The second-order valence-electron chi connectivity index (χ2n) is 5.50. The lowest BCUT2D eigenvalue weighted by Crippen LogP contribution is -2.47. The van der Waals surface area contributed by atoms with Gasteiger partial charge in [0.05, 0.1) is 12.6 Å². The van der Waals surface area contributed by atoms with Gasteiger partial charge in [-0.1, -0.05) is 0 Å². The molecule has 0 aliphatic carbocycles. The molecule has 0 radical (unpaired) electrons. The summed E-state index contributed by atoms with van der Waals surface area (Å²) in [5, 5.41) is 1.02. The number of aromatic nitrogens is 2. The second kappa shape index (κ2) is 7.36. The van der Waals surface area contributed by atoms with E-state index >= 15 is 0 Å². The quantitative estimate of drug-likeness (QED) is 0.790. The molecular weight excluding hydrogens is 315 g/mol. The van der Waals surface area contributed by atoms with E-state index in [1.165, 1.54) is 0 Å². The van der Waals surface area contributed by atoms with Gasteiger partial charge in [-0.2, -0.15) is 0 Å². The zero-order valence-corrected chi connectivity index (χ0v) is 14.0. The number of ether oxygens (including phenoxy) is 1. The molecule has 2 heterocycles. The zero-order chi connectivity index (χ0) is 16.2. The average Bonchev–Trinajstić information content (AvgIpc) is 2.59. The molecule has 1 aliphatic rings. The highest BCUT2D eigenvalue weighted by molar-refractivity contribution is 7.45. The molecular formula is C15H21N4O3P. The van der Waals surface area contributed by atoms with Crippen molar-refractivity contribution in [3.05, 3.63) is 24.5 Å². The molecule has 1 aliphatic heterocycles. The minimum absolute atomic E-state index is 0.450. The molecule has 0 spiro atoms. The van der Waals surface area contributed by atoms with Gasteiger partial charge in [-0.15, -0.1) is 0 Å². The van der Waals surface area contributed by atoms with Gasteiger partial charge in [-0.3, -0.25) is 4.90 Å². The molecule has 1 aromatic carbocycles. The van der Waals surface area contributed by atoms with Crippen LogP contribution in [0.2, 0.25) is 0 Å². The summed E-state index contributed by atoms with van der Waals surface area (Å²) >= 11 is 0. The standard InChI is InChI=1S/C15H21N4O3P/c1-22-12-2-3-13-14(10-12)16-11-17-15(13)19-6-4-18(5-7-19)8-9-23(20)21/h2-3,10-11,20-21H,4-9H2,1H3. The van der Waals surface area contributed by atoms with E-state index in [0.717, 1.165) is 55.2 Å². The van der Waals surface area contributed by atoms with Crippen LogP contribution in [-0.4, -0.2) is 70.7 Å². The lowest BCUT2D eigenvalue weighted by atomic mass is 10.2. The number of anilines is 1. The molecule has 8 heteroatoms. The van der Waals surface area contributed by atoms with Gasteiger partial charge in [0, 0.05) is 50.3 Å². The maximum absolute atomic E-state index is 9.03. The summed E-state index contributed by atoms with van der Waals surface area (Å²) in [5.74, 6) is 1.74. The maximum atomic E-state index is 9.03. The van der Waals surface area contributed by atoms with Crippen molar-refractivity contribution in [3.8, 4) is 5.75 Å². The van der Waals surface area contributed by atoms with E-state index in [1.54, 1.807) is 13.4 Å². The number of hydrogen-bond donors (Lipinski definition) is 2. The van der Waals surface area contributed by atoms with Crippen LogP contribution in [0.3, 0.4) is 0 Å². The van der Waals surface area contributed by atoms with Crippen molar-refractivity contribution in [2.75, 3.05) is 50.9 Å². The predicted octanol–water partition coefficient (Wildman–Crippen LogP) is 1.06. The summed E-state index contributed by atoms with van der Waals surface area (Å²) in [4.78, 5) is 31.4. The van der Waals surface area contributed by atoms with Gasteiger partial charge in [0.15, 0.2) is 8.38 Å². The second-order valence-corrected chi connectivity index (χ2v) is 6.70. The Morgan fingerprint density at radius 2 is 1.96 bits per heavy atom. The summed E-state index contributed by atoms with van der Waals surface area (Å²) in [6.45, 7) is 4.25. The van der Waals surface area contributed by atoms with Crippen molar-refractivity contribution >= 4 is 25.1 Å². The number of methoxy groups -OCH3 is 1. The molecule has 23 heavy (non-hydrogen) atoms. The molecule has 2 N–H and O–H groups in total. The molecule has 0 amide bonds. The van der Waals surface area contributed by atoms with Crippen LogP contribution in [0.25, 0.3) is 10.9 Å². The number of rotatable bonds is 5. The Bertz CT molecular complexity index is 662. The van der Waals surface area contributed by atoms with Crippen LogP contribution < -0.4 is 9.64 Å². The van der Waals surface area contributed by atoms with Gasteiger partial charge in [0.25, 0.3) is 0 Å². The molecule has 2 aromatic rings. The molecule has 0 bridgehead atoms. The number of benzene rings is 1. The Morgan fingerprint density at radius 3 is 2.65 bits per heavy atom. The lowest BCUT2D eigenvalue weighted by Gasteiger charge is -2.35. The van der Waals surface area contributed by atoms with Crippen molar-refractivity contribution < 1.29 is 14.5 Å². The number of fused-ring (bicyclic) bond motifs is 1. The maximum Gasteiger partial charge on any atom is 0.166 e. The summed E-state index contributed by atoms with van der Waals surface area (Å²) in [5.41, 5.74) is 0.878. The molecule has 1 saturated heterocycles. The fourth-order valence-corrected chi connectivity index (χ4v) is 3.28. The molecule has 0 atom stereocenters. The van der Waals surface area contributed by atoms with E-state index in [1.807, 2.05) is 18.2 Å². The fraction of sp³-hybridized carbons (Fsp3) is 0.467. The van der Waals surface area contributed by atoms with E-state index in [2.05, 4.69) is 19.8 Å². The van der Waals surface area contributed by atoms with Crippen LogP contribution in [-0.2, 0) is 0 Å². The van der Waals surface area contributed by atoms with E-state index in [9.17, 15) is 0 Å². The third-order valence-electron chi connectivity index (χ3n) is 4.11. The Morgan fingerprint density at radius 1 is 1.17 bits per heavy atom. The van der Waals surface area contributed by atoms with Crippen molar-refractivity contribution in [2.24, 2.45) is 0 Å². The highest BCUT2D eigenvalue weighted by atomic mass is 31.2. The smallest absolute Gasteiger partial charge is 0.166 e. The van der Waals surface area contributed by atoms with E-state index in [-0.39, 0.29) is 0 Å². The van der Waals surface area contributed by atoms with Gasteiger partial charge in [0.2, 0.25) is 0 Å². The number of nitrogens with zero attached hydrogens (tertiary/aromatic N) is 4. The predicted molar refractivity (Wildman–Crippen MR) is 91.0 cm³/mol. The van der Waals surface area contributed by atoms with Crippen molar-refractivity contribution in [1.82, 2.24) is 14.9 Å². The zero-order valence-electron chi connectivity index (χ0n) is 13.1. The van der Waals surface area contributed by atoms with Gasteiger partial charge in [-0.25, -0.2) is 9.97 Å². The van der Waals surface area contributed by atoms with Crippen LogP contribution in [0.1, 0.15) is 0 Å². The molecule has 124 valence electrons. The lowest BCUT2D eigenvalue weighted by molar-refractivity contribution is 0.269. The van der Waals surface area contributed by atoms with Gasteiger partial charge < -0.3 is 19.4 Å². The minimum atomic E-state index is -1.80. The Balaban J connectivity index is 1.72. The van der Waals surface area contributed by atoms with Gasteiger partial charge >= 0.3 is 0 Å². The first-order valence-corrected chi connectivity index (χ1v) is 9.02. The Labute approximate surface area is 136 Å². The first-order valence-electron chi connectivity index (χ1n) is 7.58. The highest BCUT2D eigenvalue weighted by Gasteiger charge is 2.20. The summed E-state index contributed by atoms with van der Waals surface area (Å²) in [6.07, 6.45) is 2.04. The van der Waals surface area contributed by atoms with E-state index < -0.39 is 8.38 Å². The van der Waals surface area contributed by atoms with Gasteiger partial charge in [0.1, 0.15) is 17.9 Å². The van der Waals surface area contributed by atoms with E-state index in [4.69, 9.17) is 14.5 Å². The topological polar surface area (TPSA) is 82.0 Å². The molecule has 0 saturated carbocycles. The third kappa shape index (κ3) is 3.87. The Hall–Kier alpha value is -1.53. The average molecular weight is 336 g/mol. The largest absolute Gasteiger partial charge is 0.497 e. The van der Waals surface area contributed by atoms with Crippen LogP contribution in [0, 0.1) is 0 Å².